The van der Waals surface area contributed by atoms with E-state index in [2.05, 4.69) is 35.6 Å². The van der Waals surface area contributed by atoms with Gasteiger partial charge in [0.05, 0.1) is 35.4 Å². The lowest BCUT2D eigenvalue weighted by atomic mass is 9.95. The third-order valence-electron chi connectivity index (χ3n) is 9.05. The Morgan fingerprint density at radius 3 is 2.73 bits per heavy atom. The molecule has 246 valence electrons. The van der Waals surface area contributed by atoms with Gasteiger partial charge in [-0.15, -0.1) is 0 Å². The molecule has 4 aromatic rings. The van der Waals surface area contributed by atoms with Crippen LogP contribution in [-0.4, -0.2) is 36.1 Å². The Balaban J connectivity index is 1.33. The molecular formula is C36H38FN9O2. The molecule has 0 saturated heterocycles. The van der Waals surface area contributed by atoms with Gasteiger partial charge in [-0.25, -0.2) is 14.4 Å². The summed E-state index contributed by atoms with van der Waals surface area (Å²) in [5, 5.41) is 29.9. The summed E-state index contributed by atoms with van der Waals surface area (Å²) in [5.74, 6) is 0.239. The van der Waals surface area contributed by atoms with E-state index in [1.165, 1.54) is 18.3 Å². The number of halogens is 1. The van der Waals surface area contributed by atoms with Gasteiger partial charge in [0.1, 0.15) is 41.2 Å². The molecular weight excluding hydrogens is 609 g/mol. The van der Waals surface area contributed by atoms with Crippen LogP contribution < -0.4 is 15.2 Å². The number of nitrogens with zero attached hydrogens (tertiary/aromatic N) is 8. The molecule has 1 saturated carbocycles. The number of fused-ring (bicyclic) bond motifs is 5. The predicted octanol–water partition coefficient (Wildman–Crippen LogP) is 6.40. The van der Waals surface area contributed by atoms with Crippen molar-refractivity contribution in [3.63, 3.8) is 0 Å². The second-order valence-corrected chi connectivity index (χ2v) is 12.7. The maximum Gasteiger partial charge on any atom is 0.258 e. The van der Waals surface area contributed by atoms with E-state index in [1.54, 1.807) is 35.5 Å². The van der Waals surface area contributed by atoms with E-state index in [-0.39, 0.29) is 17.1 Å². The number of aromatic nitrogens is 6. The van der Waals surface area contributed by atoms with Crippen molar-refractivity contribution in [2.75, 3.05) is 12.3 Å². The average molecular weight is 648 g/mol. The van der Waals surface area contributed by atoms with E-state index in [9.17, 15) is 14.9 Å². The largest absolute Gasteiger partial charge is 0.493 e. The first-order valence-corrected chi connectivity index (χ1v) is 16.1. The summed E-state index contributed by atoms with van der Waals surface area (Å²) in [6.07, 6.45) is 10.3. The molecule has 1 aliphatic heterocycles. The van der Waals surface area contributed by atoms with Gasteiger partial charge in [-0.3, -0.25) is 9.36 Å². The van der Waals surface area contributed by atoms with Crippen molar-refractivity contribution < 1.29 is 13.9 Å². The number of nitriles is 2. The lowest BCUT2D eigenvalue weighted by molar-refractivity contribution is 0.208. The molecule has 1 unspecified atom stereocenters. The molecule has 2 bridgehead atoms. The molecule has 2 N–H and O–H groups in total. The Hall–Kier alpha value is -5.49. The van der Waals surface area contributed by atoms with Crippen LogP contribution in [0.15, 0.2) is 43.1 Å². The summed E-state index contributed by atoms with van der Waals surface area (Å²) >= 11 is 0. The number of rotatable bonds is 7. The molecule has 1 fully saturated rings. The second-order valence-electron chi connectivity index (χ2n) is 12.7. The number of anilines is 1. The molecule has 12 heteroatoms. The summed E-state index contributed by atoms with van der Waals surface area (Å²) in [6.45, 7) is 8.86. The highest BCUT2D eigenvalue weighted by atomic mass is 19.1. The fourth-order valence-electron chi connectivity index (χ4n) is 6.15. The van der Waals surface area contributed by atoms with E-state index in [0.29, 0.717) is 72.1 Å². The van der Waals surface area contributed by atoms with Gasteiger partial charge in [0.15, 0.2) is 5.82 Å². The van der Waals surface area contributed by atoms with Gasteiger partial charge >= 0.3 is 0 Å². The molecule has 1 atom stereocenters. The average Bonchev–Trinajstić information content (AvgIpc) is 3.56. The van der Waals surface area contributed by atoms with Crippen molar-refractivity contribution >= 4 is 11.4 Å². The molecule has 2 aliphatic rings. The molecule has 3 aromatic heterocycles. The van der Waals surface area contributed by atoms with Crippen LogP contribution in [0.2, 0.25) is 0 Å². The van der Waals surface area contributed by atoms with Gasteiger partial charge in [-0.2, -0.15) is 20.7 Å². The number of benzene rings is 1. The highest BCUT2D eigenvalue weighted by molar-refractivity contribution is 5.78. The maximum atomic E-state index is 14.2. The lowest BCUT2D eigenvalue weighted by Crippen LogP contribution is -2.11. The van der Waals surface area contributed by atoms with Crippen LogP contribution in [-0.2, 0) is 26.4 Å². The minimum atomic E-state index is -0.650. The Morgan fingerprint density at radius 2 is 2.00 bits per heavy atom. The monoisotopic (exact) mass is 647 g/mol. The van der Waals surface area contributed by atoms with Crippen LogP contribution in [0.4, 0.5) is 10.2 Å². The predicted molar refractivity (Wildman–Crippen MR) is 178 cm³/mol. The molecule has 6 rings (SSSR count). The molecule has 0 radical (unpaired) electrons. The zero-order chi connectivity index (χ0) is 34.0. The summed E-state index contributed by atoms with van der Waals surface area (Å²) < 4.78 is 29.7. The molecule has 11 nitrogen and oxygen atoms in total. The minimum absolute atomic E-state index is 0.0632. The quantitative estimate of drug-likeness (QED) is 0.225. The fraction of sp³-hybridized carbons (Fsp3) is 0.389. The van der Waals surface area contributed by atoms with Gasteiger partial charge in [-0.1, -0.05) is 25.7 Å². The standard InChI is InChI=1S/C36H38FN9O2/c1-5-23(32-27(18-36(3)13-14-36)43-45(4)29(32)19-38)9-8-15-46-30(20-39)33-26(44-46)10-6-7-16-47-31-12-11-24(37)17-25(31)22(2)48-35-34(40)41-21-28(33)42-35/h5,9,11-12,17,21-22H,1,6-8,10,13-16,18H2,2-4H3,(H2,40,41). The molecule has 0 spiro atoms. The van der Waals surface area contributed by atoms with Crippen molar-refractivity contribution in [2.24, 2.45) is 12.5 Å². The minimum Gasteiger partial charge on any atom is -0.493 e. The summed E-state index contributed by atoms with van der Waals surface area (Å²) in [5.41, 5.74) is 12.0. The zero-order valence-electron chi connectivity index (χ0n) is 27.5. The summed E-state index contributed by atoms with van der Waals surface area (Å²) in [6, 6.07) is 8.98. The number of aryl methyl sites for hydroxylation is 3. The van der Waals surface area contributed by atoms with Gasteiger partial charge in [-0.05, 0) is 81.1 Å². The number of nitrogens with two attached hydrogens (primary N) is 1. The Morgan fingerprint density at radius 1 is 1.21 bits per heavy atom. The first-order valence-electron chi connectivity index (χ1n) is 16.1. The van der Waals surface area contributed by atoms with E-state index in [4.69, 9.17) is 25.4 Å². The highest BCUT2D eigenvalue weighted by Gasteiger charge is 2.39. The van der Waals surface area contributed by atoms with Crippen LogP contribution in [0.25, 0.3) is 16.8 Å². The van der Waals surface area contributed by atoms with Gasteiger partial charge < -0.3 is 15.2 Å². The number of nitrogen functional groups attached to an aromatic ring is 1. The molecule has 4 heterocycles. The van der Waals surface area contributed by atoms with Crippen molar-refractivity contribution in [1.29, 1.82) is 10.5 Å². The SMILES string of the molecule is C=CC(=CCCn1nc2c(c1C#N)-c1cnc(N)c(n1)OC(C)c1cc(F)ccc1OCCCC2)c1c(CC2(C)CC2)nn(C)c1C#N. The van der Waals surface area contributed by atoms with E-state index < -0.39 is 11.9 Å². The zero-order valence-corrected chi connectivity index (χ0v) is 27.5. The van der Waals surface area contributed by atoms with Gasteiger partial charge in [0.25, 0.3) is 5.88 Å². The first kappa shape index (κ1) is 32.5. The molecule has 48 heavy (non-hydrogen) atoms. The summed E-state index contributed by atoms with van der Waals surface area (Å²) in [4.78, 5) is 9.01. The van der Waals surface area contributed by atoms with Gasteiger partial charge in [0, 0.05) is 24.7 Å². The van der Waals surface area contributed by atoms with E-state index >= 15 is 0 Å². The van der Waals surface area contributed by atoms with Crippen molar-refractivity contribution in [3.05, 3.63) is 82.8 Å². The molecule has 1 aromatic carbocycles. The summed E-state index contributed by atoms with van der Waals surface area (Å²) in [7, 11) is 1.79. The first-order chi connectivity index (χ1) is 23.1. The van der Waals surface area contributed by atoms with Crippen molar-refractivity contribution in [3.8, 4) is 35.0 Å². The normalized spacial score (nSPS) is 17.0. The van der Waals surface area contributed by atoms with Crippen LogP contribution in [0.5, 0.6) is 11.6 Å². The fourth-order valence-corrected chi connectivity index (χ4v) is 6.15. The topological polar surface area (TPSA) is 153 Å². The van der Waals surface area contributed by atoms with Crippen LogP contribution >= 0.6 is 0 Å². The lowest BCUT2D eigenvalue weighted by Gasteiger charge is -2.19. The number of hydrogen-bond acceptors (Lipinski definition) is 9. The second kappa shape index (κ2) is 13.3. The van der Waals surface area contributed by atoms with Crippen molar-refractivity contribution in [1.82, 2.24) is 29.5 Å². The third kappa shape index (κ3) is 6.52. The van der Waals surface area contributed by atoms with E-state index in [0.717, 1.165) is 42.5 Å². The van der Waals surface area contributed by atoms with Gasteiger partial charge in [0.2, 0.25) is 0 Å². The van der Waals surface area contributed by atoms with E-state index in [1.807, 2.05) is 6.08 Å². The molecule has 0 amide bonds. The molecule has 1 aliphatic carbocycles. The maximum absolute atomic E-state index is 14.2. The van der Waals surface area contributed by atoms with Crippen LogP contribution in [0.1, 0.15) is 86.0 Å². The Bertz CT molecular complexity index is 1990. The van der Waals surface area contributed by atoms with Crippen molar-refractivity contribution in [2.45, 2.75) is 71.4 Å². The number of hydrogen-bond donors (Lipinski definition) is 1. The third-order valence-corrected chi connectivity index (χ3v) is 9.05. The van der Waals surface area contributed by atoms with Crippen LogP contribution in [0.3, 0.4) is 0 Å². The van der Waals surface area contributed by atoms with Crippen LogP contribution in [0, 0.1) is 33.9 Å². The smallest absolute Gasteiger partial charge is 0.258 e. The number of allylic oxidation sites excluding steroid dienone is 3. The Labute approximate surface area is 279 Å². The Kier molecular flexibility index (Phi) is 9.01. The number of ether oxygens (including phenoxy) is 2. The highest BCUT2D eigenvalue weighted by Crippen LogP contribution is 2.48.